The molecule has 7 heteroatoms. The zero-order valence-electron chi connectivity index (χ0n) is 12.2. The van der Waals surface area contributed by atoms with E-state index in [9.17, 15) is 13.9 Å². The first-order valence-corrected chi connectivity index (χ1v) is 7.19. The normalized spacial score (nSPS) is 20.4. The van der Waals surface area contributed by atoms with Crippen molar-refractivity contribution in [3.8, 4) is 0 Å². The van der Waals surface area contributed by atoms with Crippen molar-refractivity contribution in [1.82, 2.24) is 9.97 Å². The van der Waals surface area contributed by atoms with Crippen molar-refractivity contribution in [3.63, 3.8) is 0 Å². The number of fused-ring (bicyclic) bond motifs is 1. The number of aliphatic hydroxyl groups is 1. The highest BCUT2D eigenvalue weighted by Crippen LogP contribution is 2.23. The zero-order valence-corrected chi connectivity index (χ0v) is 12.2. The highest BCUT2D eigenvalue weighted by Gasteiger charge is 2.26. The first-order valence-electron chi connectivity index (χ1n) is 7.19. The topological polar surface area (TPSA) is 58.5 Å². The van der Waals surface area contributed by atoms with Gasteiger partial charge in [0.15, 0.2) is 11.6 Å². The average molecular weight is 309 g/mol. The quantitative estimate of drug-likeness (QED) is 0.938. The lowest BCUT2D eigenvalue weighted by atomic mass is 10.1. The minimum absolute atomic E-state index is 0.0224. The van der Waals surface area contributed by atoms with Crippen LogP contribution < -0.4 is 4.90 Å². The van der Waals surface area contributed by atoms with Crippen LogP contribution in [-0.2, 0) is 4.74 Å². The van der Waals surface area contributed by atoms with Gasteiger partial charge >= 0.3 is 0 Å². The van der Waals surface area contributed by atoms with Crippen LogP contribution in [0, 0.1) is 11.6 Å². The van der Waals surface area contributed by atoms with Crippen molar-refractivity contribution in [3.05, 3.63) is 30.0 Å². The van der Waals surface area contributed by atoms with Gasteiger partial charge in [0.05, 0.1) is 42.6 Å². The van der Waals surface area contributed by atoms with Crippen LogP contribution in [0.4, 0.5) is 14.6 Å². The molecule has 118 valence electrons. The molecule has 0 aliphatic carbocycles. The summed E-state index contributed by atoms with van der Waals surface area (Å²) in [7, 11) is 0. The third kappa shape index (κ3) is 3.00. The highest BCUT2D eigenvalue weighted by molar-refractivity contribution is 5.75. The maximum Gasteiger partial charge on any atom is 0.161 e. The van der Waals surface area contributed by atoms with Crippen LogP contribution in [0.1, 0.15) is 13.3 Å². The molecule has 2 atom stereocenters. The van der Waals surface area contributed by atoms with Gasteiger partial charge in [-0.25, -0.2) is 13.8 Å². The molecule has 1 fully saturated rings. The lowest BCUT2D eigenvalue weighted by Crippen LogP contribution is -2.47. The van der Waals surface area contributed by atoms with Crippen LogP contribution in [0.3, 0.4) is 0 Å². The number of halogens is 2. The molecule has 22 heavy (non-hydrogen) atoms. The molecular weight excluding hydrogens is 292 g/mol. The summed E-state index contributed by atoms with van der Waals surface area (Å²) in [6, 6.07) is 2.06. The molecule has 1 aliphatic heterocycles. The van der Waals surface area contributed by atoms with Gasteiger partial charge in [0, 0.05) is 18.7 Å². The number of ether oxygens (including phenoxy) is 1. The van der Waals surface area contributed by atoms with Crippen LogP contribution in [0.15, 0.2) is 18.3 Å². The number of morpholine rings is 1. The number of hydrogen-bond acceptors (Lipinski definition) is 5. The Balaban J connectivity index is 1.95. The van der Waals surface area contributed by atoms with Crippen molar-refractivity contribution >= 4 is 16.9 Å². The van der Waals surface area contributed by atoms with Gasteiger partial charge in [0.2, 0.25) is 0 Å². The molecule has 0 saturated carbocycles. The number of anilines is 1. The maximum atomic E-state index is 13.4. The second-order valence-electron chi connectivity index (χ2n) is 5.49. The minimum Gasteiger partial charge on any atom is -0.393 e. The minimum atomic E-state index is -0.943. The molecule has 2 unspecified atom stereocenters. The molecule has 5 nitrogen and oxygen atoms in total. The summed E-state index contributed by atoms with van der Waals surface area (Å²) in [5, 5.41) is 9.60. The Morgan fingerprint density at radius 2 is 2.09 bits per heavy atom. The summed E-state index contributed by atoms with van der Waals surface area (Å²) in [6.07, 6.45) is 1.62. The van der Waals surface area contributed by atoms with Gasteiger partial charge in [0.25, 0.3) is 0 Å². The third-order valence-corrected chi connectivity index (χ3v) is 3.71. The Kier molecular flexibility index (Phi) is 4.17. The van der Waals surface area contributed by atoms with E-state index in [0.717, 1.165) is 12.1 Å². The van der Waals surface area contributed by atoms with E-state index in [1.54, 1.807) is 13.1 Å². The van der Waals surface area contributed by atoms with Gasteiger partial charge in [-0.15, -0.1) is 0 Å². The summed E-state index contributed by atoms with van der Waals surface area (Å²) < 4.78 is 32.0. The fourth-order valence-corrected chi connectivity index (χ4v) is 2.68. The summed E-state index contributed by atoms with van der Waals surface area (Å²) in [6.45, 7) is 3.37. The largest absolute Gasteiger partial charge is 0.393 e. The molecule has 0 bridgehead atoms. The number of hydrogen-bond donors (Lipinski definition) is 1. The fraction of sp³-hybridized carbons (Fsp3) is 0.467. The standard InChI is InChI=1S/C15H17F2N3O2/c1-9(21)4-10-8-22-3-2-20(10)15-7-18-13-5-11(16)12(17)6-14(13)19-15/h5-7,9-10,21H,2-4,8H2,1H3. The molecular formula is C15H17F2N3O2. The summed E-state index contributed by atoms with van der Waals surface area (Å²) in [5.41, 5.74) is 0.613. The molecule has 1 saturated heterocycles. The molecule has 0 radical (unpaired) electrons. The van der Waals surface area contributed by atoms with Crippen LogP contribution in [0.2, 0.25) is 0 Å². The predicted octanol–water partition coefficient (Wildman–Crippen LogP) is 1.88. The first-order chi connectivity index (χ1) is 10.5. The van der Waals surface area contributed by atoms with Gasteiger partial charge in [-0.05, 0) is 13.3 Å². The van der Waals surface area contributed by atoms with E-state index in [1.807, 2.05) is 4.90 Å². The second-order valence-corrected chi connectivity index (χ2v) is 5.49. The van der Waals surface area contributed by atoms with E-state index >= 15 is 0 Å². The Morgan fingerprint density at radius 1 is 1.36 bits per heavy atom. The van der Waals surface area contributed by atoms with Crippen LogP contribution in [-0.4, -0.2) is 47.0 Å². The van der Waals surface area contributed by atoms with Crippen molar-refractivity contribution in [2.75, 3.05) is 24.7 Å². The fourth-order valence-electron chi connectivity index (χ4n) is 2.68. The maximum absolute atomic E-state index is 13.4. The van der Waals surface area contributed by atoms with Crippen LogP contribution in [0.5, 0.6) is 0 Å². The van der Waals surface area contributed by atoms with Crippen molar-refractivity contribution in [1.29, 1.82) is 0 Å². The van der Waals surface area contributed by atoms with E-state index in [2.05, 4.69) is 9.97 Å². The van der Waals surface area contributed by atoms with Gasteiger partial charge in [0.1, 0.15) is 5.82 Å². The molecule has 1 aromatic carbocycles. The molecule has 3 rings (SSSR count). The molecule has 1 aromatic heterocycles. The first kappa shape index (κ1) is 15.1. The number of benzene rings is 1. The summed E-state index contributed by atoms with van der Waals surface area (Å²) >= 11 is 0. The SMILES string of the molecule is CC(O)CC1COCCN1c1cnc2cc(F)c(F)cc2n1. The number of rotatable bonds is 3. The molecule has 1 N–H and O–H groups in total. The van der Waals surface area contributed by atoms with E-state index < -0.39 is 17.7 Å². The molecule has 0 spiro atoms. The second kappa shape index (κ2) is 6.10. The van der Waals surface area contributed by atoms with Crippen LogP contribution >= 0.6 is 0 Å². The van der Waals surface area contributed by atoms with Gasteiger partial charge in [-0.2, -0.15) is 0 Å². The van der Waals surface area contributed by atoms with Crippen molar-refractivity contribution in [2.45, 2.75) is 25.5 Å². The van der Waals surface area contributed by atoms with Crippen LogP contribution in [0.25, 0.3) is 11.0 Å². The Bertz CT molecular complexity index is 681. The number of aromatic nitrogens is 2. The van der Waals surface area contributed by atoms with Gasteiger partial charge in [-0.1, -0.05) is 0 Å². The monoisotopic (exact) mass is 309 g/mol. The van der Waals surface area contributed by atoms with E-state index in [-0.39, 0.29) is 6.04 Å². The summed E-state index contributed by atoms with van der Waals surface area (Å²) in [5.74, 6) is -1.30. The third-order valence-electron chi connectivity index (χ3n) is 3.71. The van der Waals surface area contributed by atoms with Crippen molar-refractivity contribution in [2.24, 2.45) is 0 Å². The lowest BCUT2D eigenvalue weighted by molar-refractivity contribution is 0.0718. The molecule has 2 heterocycles. The number of nitrogens with zero attached hydrogens (tertiary/aromatic N) is 3. The average Bonchev–Trinajstić information content (AvgIpc) is 2.48. The Hall–Kier alpha value is -1.86. The highest BCUT2D eigenvalue weighted by atomic mass is 19.2. The van der Waals surface area contributed by atoms with E-state index in [1.165, 1.54) is 0 Å². The molecule has 1 aliphatic rings. The molecule has 0 amide bonds. The van der Waals surface area contributed by atoms with Crippen molar-refractivity contribution < 1.29 is 18.6 Å². The predicted molar refractivity (Wildman–Crippen MR) is 77.7 cm³/mol. The Labute approximate surface area is 126 Å². The zero-order chi connectivity index (χ0) is 15.7. The van der Waals surface area contributed by atoms with E-state index in [0.29, 0.717) is 43.0 Å². The molecule has 2 aromatic rings. The van der Waals surface area contributed by atoms with Gasteiger partial charge in [-0.3, -0.25) is 4.98 Å². The lowest BCUT2D eigenvalue weighted by Gasteiger charge is -2.37. The Morgan fingerprint density at radius 3 is 2.82 bits per heavy atom. The smallest absolute Gasteiger partial charge is 0.161 e. The van der Waals surface area contributed by atoms with Gasteiger partial charge < -0.3 is 14.7 Å². The number of aliphatic hydroxyl groups excluding tert-OH is 1. The summed E-state index contributed by atoms with van der Waals surface area (Å²) in [4.78, 5) is 10.5. The van der Waals surface area contributed by atoms with E-state index in [4.69, 9.17) is 4.74 Å².